The molecule has 0 bridgehead atoms. The van der Waals surface area contributed by atoms with Gasteiger partial charge in [0.2, 0.25) is 0 Å². The molecule has 0 fully saturated rings. The van der Waals surface area contributed by atoms with Crippen LogP contribution in [0.5, 0.6) is 0 Å². The normalized spacial score (nSPS) is 13.8. The van der Waals surface area contributed by atoms with Crippen LogP contribution in [-0.4, -0.2) is 50.6 Å². The average Bonchev–Trinajstić information content (AvgIpc) is 2.50. The Kier molecular flexibility index (Phi) is 10.1. The van der Waals surface area contributed by atoms with Crippen LogP contribution in [0.25, 0.3) is 0 Å². The SMILES string of the molecule is COC(=O)C(C(=O)OC)C(CC(C)CCCF)NC(=O)OC(C)(C)C. The fourth-order valence-electron chi connectivity index (χ4n) is 2.39. The van der Waals surface area contributed by atoms with E-state index in [-0.39, 0.29) is 12.3 Å². The third kappa shape index (κ3) is 9.26. The number of esters is 2. The lowest BCUT2D eigenvalue weighted by Gasteiger charge is -2.28. The molecule has 0 aliphatic rings. The molecule has 146 valence electrons. The molecule has 0 saturated carbocycles. The molecule has 2 atom stereocenters. The predicted octanol–water partition coefficient (Wildman–Crippen LogP) is 2.62. The maximum atomic E-state index is 12.4. The van der Waals surface area contributed by atoms with Gasteiger partial charge in [0.25, 0.3) is 0 Å². The number of methoxy groups -OCH3 is 2. The molecule has 0 spiro atoms. The van der Waals surface area contributed by atoms with Crippen LogP contribution >= 0.6 is 0 Å². The highest BCUT2D eigenvalue weighted by atomic mass is 19.1. The highest BCUT2D eigenvalue weighted by molar-refractivity contribution is 5.96. The molecule has 0 rings (SSSR count). The van der Waals surface area contributed by atoms with Gasteiger partial charge in [-0.3, -0.25) is 14.0 Å². The van der Waals surface area contributed by atoms with E-state index in [1.165, 1.54) is 0 Å². The van der Waals surface area contributed by atoms with E-state index in [0.717, 1.165) is 14.2 Å². The number of carbonyl (C=O) groups is 3. The van der Waals surface area contributed by atoms with Gasteiger partial charge in [-0.05, 0) is 46.0 Å². The van der Waals surface area contributed by atoms with Crippen LogP contribution in [0.2, 0.25) is 0 Å². The Morgan fingerprint density at radius 1 is 1.08 bits per heavy atom. The first kappa shape index (κ1) is 23.1. The molecule has 8 heteroatoms. The Balaban J connectivity index is 5.35. The van der Waals surface area contributed by atoms with Crippen molar-refractivity contribution < 1.29 is 33.0 Å². The molecule has 1 amide bonds. The molecule has 0 aromatic heterocycles. The zero-order chi connectivity index (χ0) is 19.6. The van der Waals surface area contributed by atoms with E-state index in [0.29, 0.717) is 12.8 Å². The number of alkyl halides is 1. The number of hydrogen-bond donors (Lipinski definition) is 1. The lowest BCUT2D eigenvalue weighted by atomic mass is 9.89. The fraction of sp³-hybridized carbons (Fsp3) is 0.824. The Hall–Kier alpha value is -1.86. The highest BCUT2D eigenvalue weighted by Crippen LogP contribution is 2.21. The van der Waals surface area contributed by atoms with Crippen molar-refractivity contribution in [1.29, 1.82) is 0 Å². The van der Waals surface area contributed by atoms with Gasteiger partial charge in [0.05, 0.1) is 26.9 Å². The van der Waals surface area contributed by atoms with Crippen molar-refractivity contribution in [2.24, 2.45) is 11.8 Å². The van der Waals surface area contributed by atoms with Gasteiger partial charge >= 0.3 is 18.0 Å². The lowest BCUT2D eigenvalue weighted by molar-refractivity contribution is -0.160. The van der Waals surface area contributed by atoms with E-state index in [2.05, 4.69) is 14.8 Å². The maximum Gasteiger partial charge on any atom is 0.407 e. The summed E-state index contributed by atoms with van der Waals surface area (Å²) in [6.45, 7) is 6.49. The van der Waals surface area contributed by atoms with E-state index < -0.39 is 42.3 Å². The van der Waals surface area contributed by atoms with Gasteiger partial charge in [0.15, 0.2) is 5.92 Å². The predicted molar refractivity (Wildman–Crippen MR) is 89.7 cm³/mol. The van der Waals surface area contributed by atoms with Crippen LogP contribution in [-0.2, 0) is 23.8 Å². The second kappa shape index (κ2) is 10.9. The summed E-state index contributed by atoms with van der Waals surface area (Å²) in [6, 6.07) is -0.885. The Labute approximate surface area is 148 Å². The summed E-state index contributed by atoms with van der Waals surface area (Å²) < 4.78 is 26.9. The molecular weight excluding hydrogens is 333 g/mol. The van der Waals surface area contributed by atoms with E-state index in [9.17, 15) is 18.8 Å². The third-order valence-corrected chi connectivity index (χ3v) is 3.50. The second-order valence-electron chi connectivity index (χ2n) is 6.95. The molecule has 25 heavy (non-hydrogen) atoms. The number of halogens is 1. The molecule has 0 radical (unpaired) electrons. The summed E-state index contributed by atoms with van der Waals surface area (Å²) in [5.74, 6) is -2.99. The van der Waals surface area contributed by atoms with Gasteiger partial charge in [-0.2, -0.15) is 0 Å². The third-order valence-electron chi connectivity index (χ3n) is 3.50. The van der Waals surface area contributed by atoms with Crippen LogP contribution in [0.1, 0.15) is 47.0 Å². The molecule has 7 nitrogen and oxygen atoms in total. The molecule has 0 aromatic rings. The first-order valence-corrected chi connectivity index (χ1v) is 8.26. The van der Waals surface area contributed by atoms with Crippen LogP contribution in [0, 0.1) is 11.8 Å². The highest BCUT2D eigenvalue weighted by Gasteiger charge is 2.39. The first-order chi connectivity index (χ1) is 11.6. The molecule has 1 N–H and O–H groups in total. The van der Waals surface area contributed by atoms with Gasteiger partial charge in [0, 0.05) is 0 Å². The average molecular weight is 363 g/mol. The summed E-state index contributed by atoms with van der Waals surface area (Å²) in [6.07, 6.45) is 0.432. The first-order valence-electron chi connectivity index (χ1n) is 8.26. The smallest absolute Gasteiger partial charge is 0.407 e. The van der Waals surface area contributed by atoms with Crippen LogP contribution in [0.4, 0.5) is 9.18 Å². The minimum atomic E-state index is -1.32. The number of ether oxygens (including phenoxy) is 3. The summed E-state index contributed by atoms with van der Waals surface area (Å²) in [7, 11) is 2.30. The van der Waals surface area contributed by atoms with Crippen LogP contribution in [0.3, 0.4) is 0 Å². The van der Waals surface area contributed by atoms with Gasteiger partial charge in [-0.15, -0.1) is 0 Å². The van der Waals surface area contributed by atoms with Gasteiger partial charge < -0.3 is 19.5 Å². The van der Waals surface area contributed by atoms with E-state index in [1.54, 1.807) is 20.8 Å². The van der Waals surface area contributed by atoms with Crippen molar-refractivity contribution in [2.75, 3.05) is 20.9 Å². The van der Waals surface area contributed by atoms with Crippen molar-refractivity contribution in [2.45, 2.75) is 58.6 Å². The van der Waals surface area contributed by atoms with Gasteiger partial charge in [0.1, 0.15) is 5.60 Å². The summed E-state index contributed by atoms with van der Waals surface area (Å²) >= 11 is 0. The maximum absolute atomic E-state index is 12.4. The quantitative estimate of drug-likeness (QED) is 0.385. The Morgan fingerprint density at radius 3 is 2.00 bits per heavy atom. The number of rotatable bonds is 9. The Morgan fingerprint density at radius 2 is 1.60 bits per heavy atom. The van der Waals surface area contributed by atoms with Crippen molar-refractivity contribution in [1.82, 2.24) is 5.32 Å². The summed E-state index contributed by atoms with van der Waals surface area (Å²) in [4.78, 5) is 36.2. The monoisotopic (exact) mass is 363 g/mol. The fourth-order valence-corrected chi connectivity index (χ4v) is 2.39. The molecule has 0 saturated heterocycles. The topological polar surface area (TPSA) is 90.9 Å². The largest absolute Gasteiger partial charge is 0.468 e. The van der Waals surface area contributed by atoms with Crippen molar-refractivity contribution in [3.63, 3.8) is 0 Å². The minimum Gasteiger partial charge on any atom is -0.468 e. The van der Waals surface area contributed by atoms with Gasteiger partial charge in [-0.1, -0.05) is 6.92 Å². The lowest BCUT2D eigenvalue weighted by Crippen LogP contribution is -2.49. The van der Waals surface area contributed by atoms with Crippen LogP contribution < -0.4 is 5.32 Å². The van der Waals surface area contributed by atoms with Crippen molar-refractivity contribution in [3.05, 3.63) is 0 Å². The zero-order valence-corrected chi connectivity index (χ0v) is 15.9. The number of alkyl carbamates (subject to hydrolysis) is 1. The molecule has 2 unspecified atom stereocenters. The Bertz CT molecular complexity index is 433. The minimum absolute atomic E-state index is 0.0347. The standard InChI is InChI=1S/C17H30FNO6/c1-11(8-7-9-18)10-12(19-16(22)25-17(2,3)4)13(14(20)23-5)15(21)24-6/h11-13H,7-10H2,1-6H3,(H,19,22). The number of amides is 1. The summed E-state index contributed by atoms with van der Waals surface area (Å²) in [5.41, 5.74) is -0.736. The molecule has 0 heterocycles. The van der Waals surface area contributed by atoms with Crippen molar-refractivity contribution >= 4 is 18.0 Å². The molecule has 0 aliphatic heterocycles. The second-order valence-corrected chi connectivity index (χ2v) is 6.95. The van der Waals surface area contributed by atoms with Crippen molar-refractivity contribution in [3.8, 4) is 0 Å². The number of carbonyl (C=O) groups excluding carboxylic acids is 3. The molecule has 0 aromatic carbocycles. The van der Waals surface area contributed by atoms with E-state index in [4.69, 9.17) is 4.74 Å². The zero-order valence-electron chi connectivity index (χ0n) is 15.9. The van der Waals surface area contributed by atoms with Crippen LogP contribution in [0.15, 0.2) is 0 Å². The molecular formula is C17H30FNO6. The van der Waals surface area contributed by atoms with E-state index in [1.807, 2.05) is 6.92 Å². The van der Waals surface area contributed by atoms with Gasteiger partial charge in [-0.25, -0.2) is 4.79 Å². The molecule has 0 aliphatic carbocycles. The summed E-state index contributed by atoms with van der Waals surface area (Å²) in [5, 5.41) is 2.55. The van der Waals surface area contributed by atoms with E-state index >= 15 is 0 Å². The number of nitrogens with one attached hydrogen (secondary N) is 1. The number of hydrogen-bond acceptors (Lipinski definition) is 6.